The molecule has 1 aromatic carbocycles. The van der Waals surface area contributed by atoms with E-state index in [0.29, 0.717) is 0 Å². The van der Waals surface area contributed by atoms with E-state index < -0.39 is 17.4 Å². The fraction of sp³-hybridized carbons (Fsp3) is 0.467. The highest BCUT2D eigenvalue weighted by Gasteiger charge is 2.33. The Kier molecular flexibility index (Phi) is 4.76. The summed E-state index contributed by atoms with van der Waals surface area (Å²) in [5.41, 5.74) is 0.115. The Balaban J connectivity index is 2.99. The molecule has 1 unspecified atom stereocenters. The molecule has 3 N–H and O–H groups in total. The lowest BCUT2D eigenvalue weighted by Gasteiger charge is -2.33. The van der Waals surface area contributed by atoms with E-state index in [1.54, 1.807) is 13.0 Å². The summed E-state index contributed by atoms with van der Waals surface area (Å²) in [5.74, 6) is -1.62. The molecule has 5 nitrogen and oxygen atoms in total. The molecule has 1 amide bonds. The molecular weight excluding hydrogens is 258 g/mol. The van der Waals surface area contributed by atoms with Crippen molar-refractivity contribution in [1.82, 2.24) is 5.32 Å². The summed E-state index contributed by atoms with van der Waals surface area (Å²) in [4.78, 5) is 23.2. The van der Waals surface area contributed by atoms with Crippen LogP contribution >= 0.6 is 0 Å². The van der Waals surface area contributed by atoms with Crippen molar-refractivity contribution in [2.24, 2.45) is 5.92 Å². The van der Waals surface area contributed by atoms with Crippen LogP contribution in [0.1, 0.15) is 43.1 Å². The smallest absolute Gasteiger partial charge is 0.305 e. The summed E-state index contributed by atoms with van der Waals surface area (Å²) in [6.45, 7) is 7.19. The maximum Gasteiger partial charge on any atom is 0.305 e. The Hall–Kier alpha value is -2.04. The predicted molar refractivity (Wildman–Crippen MR) is 75.8 cm³/mol. The number of amides is 1. The Labute approximate surface area is 118 Å². The lowest BCUT2D eigenvalue weighted by Crippen LogP contribution is -2.51. The van der Waals surface area contributed by atoms with Gasteiger partial charge in [-0.2, -0.15) is 0 Å². The molecule has 1 atom stereocenters. The monoisotopic (exact) mass is 279 g/mol. The van der Waals surface area contributed by atoms with Gasteiger partial charge in [-0.3, -0.25) is 9.59 Å². The van der Waals surface area contributed by atoms with Crippen LogP contribution < -0.4 is 5.32 Å². The third kappa shape index (κ3) is 3.73. The highest BCUT2D eigenvalue weighted by atomic mass is 16.4. The molecule has 0 fully saturated rings. The van der Waals surface area contributed by atoms with Gasteiger partial charge < -0.3 is 15.5 Å². The number of aromatic hydroxyl groups is 1. The zero-order valence-electron chi connectivity index (χ0n) is 12.2. The van der Waals surface area contributed by atoms with Crippen molar-refractivity contribution in [1.29, 1.82) is 0 Å². The van der Waals surface area contributed by atoms with Crippen LogP contribution in [0.5, 0.6) is 5.75 Å². The number of nitrogens with one attached hydrogen (secondary N) is 1. The van der Waals surface area contributed by atoms with Gasteiger partial charge in [-0.15, -0.1) is 0 Å². The van der Waals surface area contributed by atoms with Crippen LogP contribution in [-0.4, -0.2) is 27.6 Å². The quantitative estimate of drug-likeness (QED) is 0.772. The molecule has 0 aliphatic heterocycles. The second-order valence-electron chi connectivity index (χ2n) is 5.62. The van der Waals surface area contributed by atoms with E-state index >= 15 is 0 Å². The van der Waals surface area contributed by atoms with Crippen LogP contribution in [-0.2, 0) is 4.79 Å². The van der Waals surface area contributed by atoms with Gasteiger partial charge in [-0.05, 0) is 37.5 Å². The minimum absolute atomic E-state index is 0.0601. The third-order valence-electron chi connectivity index (χ3n) is 3.59. The van der Waals surface area contributed by atoms with Crippen molar-refractivity contribution in [3.63, 3.8) is 0 Å². The summed E-state index contributed by atoms with van der Waals surface area (Å²) in [7, 11) is 0. The van der Waals surface area contributed by atoms with Crippen molar-refractivity contribution >= 4 is 11.9 Å². The number of hydrogen-bond acceptors (Lipinski definition) is 3. The van der Waals surface area contributed by atoms with Crippen LogP contribution in [0.25, 0.3) is 0 Å². The number of aryl methyl sites for hydroxylation is 1. The van der Waals surface area contributed by atoms with Crippen LogP contribution in [0.2, 0.25) is 0 Å². The topological polar surface area (TPSA) is 86.6 Å². The molecule has 1 rings (SSSR count). The van der Waals surface area contributed by atoms with Crippen LogP contribution in [0, 0.1) is 12.8 Å². The number of rotatable bonds is 5. The van der Waals surface area contributed by atoms with Crippen LogP contribution in [0.15, 0.2) is 18.2 Å². The maximum absolute atomic E-state index is 12.2. The Morgan fingerprint density at radius 2 is 1.95 bits per heavy atom. The average Bonchev–Trinajstić information content (AvgIpc) is 2.26. The molecule has 0 saturated heterocycles. The van der Waals surface area contributed by atoms with Crippen LogP contribution in [0.4, 0.5) is 0 Å². The first kappa shape index (κ1) is 16.0. The summed E-state index contributed by atoms with van der Waals surface area (Å²) in [5, 5.41) is 21.5. The summed E-state index contributed by atoms with van der Waals surface area (Å²) >= 11 is 0. The zero-order valence-corrected chi connectivity index (χ0v) is 12.2. The molecular formula is C15H21NO4. The lowest BCUT2D eigenvalue weighted by molar-refractivity contribution is -0.138. The van der Waals surface area contributed by atoms with Gasteiger partial charge in [0.25, 0.3) is 5.91 Å². The van der Waals surface area contributed by atoms with E-state index in [2.05, 4.69) is 5.32 Å². The standard InChI is InChI=1S/C15H21NO4/c1-9(2)15(4,8-13(18)19)16-14(20)11-6-5-10(3)7-12(11)17/h5-7,9,17H,8H2,1-4H3,(H,16,20)(H,18,19). The molecule has 0 bridgehead atoms. The summed E-state index contributed by atoms with van der Waals surface area (Å²) < 4.78 is 0. The molecule has 0 aliphatic carbocycles. The van der Waals surface area contributed by atoms with E-state index in [-0.39, 0.29) is 23.7 Å². The van der Waals surface area contributed by atoms with Crippen molar-refractivity contribution in [2.45, 2.75) is 39.7 Å². The van der Waals surface area contributed by atoms with E-state index in [9.17, 15) is 14.7 Å². The number of carbonyl (C=O) groups is 2. The fourth-order valence-electron chi connectivity index (χ4n) is 1.87. The second-order valence-corrected chi connectivity index (χ2v) is 5.62. The zero-order chi connectivity index (χ0) is 15.5. The number of carboxylic acids is 1. The van der Waals surface area contributed by atoms with E-state index in [4.69, 9.17) is 5.11 Å². The molecule has 5 heteroatoms. The number of benzene rings is 1. The summed E-state index contributed by atoms with van der Waals surface area (Å²) in [6, 6.07) is 4.75. The van der Waals surface area contributed by atoms with Crippen molar-refractivity contribution in [3.05, 3.63) is 29.3 Å². The number of hydrogen-bond donors (Lipinski definition) is 3. The largest absolute Gasteiger partial charge is 0.507 e. The van der Waals surface area contributed by atoms with Gasteiger partial charge in [0, 0.05) is 0 Å². The molecule has 0 aliphatic rings. The van der Waals surface area contributed by atoms with Gasteiger partial charge in [0.05, 0.1) is 17.5 Å². The molecule has 110 valence electrons. The van der Waals surface area contributed by atoms with Crippen molar-refractivity contribution in [2.75, 3.05) is 0 Å². The minimum atomic E-state index is -0.977. The SMILES string of the molecule is Cc1ccc(C(=O)NC(C)(CC(=O)O)C(C)C)c(O)c1. The number of aliphatic carboxylic acids is 1. The Bertz CT molecular complexity index is 525. The predicted octanol–water partition coefficient (Wildman–Crippen LogP) is 2.32. The maximum atomic E-state index is 12.2. The minimum Gasteiger partial charge on any atom is -0.507 e. The van der Waals surface area contributed by atoms with Crippen molar-refractivity contribution < 1.29 is 19.8 Å². The number of phenolic OH excluding ortho intramolecular Hbond substituents is 1. The number of carbonyl (C=O) groups excluding carboxylic acids is 1. The second kappa shape index (κ2) is 5.94. The molecule has 0 heterocycles. The number of phenols is 1. The van der Waals surface area contributed by atoms with Gasteiger partial charge in [-0.25, -0.2) is 0 Å². The van der Waals surface area contributed by atoms with Gasteiger partial charge >= 0.3 is 5.97 Å². The van der Waals surface area contributed by atoms with E-state index in [1.807, 2.05) is 20.8 Å². The van der Waals surface area contributed by atoms with Gasteiger partial charge in [0.1, 0.15) is 5.75 Å². The number of carboxylic acid groups (broad SMARTS) is 1. The molecule has 0 aromatic heterocycles. The fourth-order valence-corrected chi connectivity index (χ4v) is 1.87. The molecule has 0 radical (unpaired) electrons. The van der Waals surface area contributed by atoms with Gasteiger partial charge in [-0.1, -0.05) is 19.9 Å². The molecule has 1 aromatic rings. The normalized spacial score (nSPS) is 13.8. The van der Waals surface area contributed by atoms with E-state index in [1.165, 1.54) is 12.1 Å². The summed E-state index contributed by atoms with van der Waals surface area (Å²) in [6.07, 6.45) is -0.178. The van der Waals surface area contributed by atoms with Gasteiger partial charge in [0.2, 0.25) is 0 Å². The van der Waals surface area contributed by atoms with Crippen LogP contribution in [0.3, 0.4) is 0 Å². The first-order valence-electron chi connectivity index (χ1n) is 6.49. The lowest BCUT2D eigenvalue weighted by atomic mass is 9.85. The Morgan fingerprint density at radius 1 is 1.35 bits per heavy atom. The van der Waals surface area contributed by atoms with Crippen molar-refractivity contribution in [3.8, 4) is 5.75 Å². The highest BCUT2D eigenvalue weighted by Crippen LogP contribution is 2.24. The first-order chi connectivity index (χ1) is 9.15. The molecule has 0 saturated carbocycles. The first-order valence-corrected chi connectivity index (χ1v) is 6.49. The Morgan fingerprint density at radius 3 is 2.40 bits per heavy atom. The molecule has 0 spiro atoms. The third-order valence-corrected chi connectivity index (χ3v) is 3.59. The van der Waals surface area contributed by atoms with E-state index in [0.717, 1.165) is 5.56 Å². The average molecular weight is 279 g/mol. The molecule has 20 heavy (non-hydrogen) atoms. The van der Waals surface area contributed by atoms with Gasteiger partial charge in [0.15, 0.2) is 0 Å². The highest BCUT2D eigenvalue weighted by molar-refractivity contribution is 5.97.